The summed E-state index contributed by atoms with van der Waals surface area (Å²) in [4.78, 5) is 40.9. The summed E-state index contributed by atoms with van der Waals surface area (Å²) in [6.45, 7) is 3.62. The van der Waals surface area contributed by atoms with Gasteiger partial charge in [-0.3, -0.25) is 9.59 Å². The molecule has 1 aromatic carbocycles. The Kier molecular flexibility index (Phi) is 5.84. The average Bonchev–Trinajstić information content (AvgIpc) is 3.20. The highest BCUT2D eigenvalue weighted by Crippen LogP contribution is 2.35. The lowest BCUT2D eigenvalue weighted by Gasteiger charge is -2.32. The van der Waals surface area contributed by atoms with Gasteiger partial charge in [0.25, 0.3) is 11.7 Å². The maximum Gasteiger partial charge on any atom is 0.337 e. The van der Waals surface area contributed by atoms with Crippen molar-refractivity contribution in [3.8, 4) is 5.75 Å². The number of anilines is 2. The van der Waals surface area contributed by atoms with Crippen molar-refractivity contribution in [2.45, 2.75) is 44.4 Å². The summed E-state index contributed by atoms with van der Waals surface area (Å²) in [6.07, 6.45) is 2.27. The normalized spacial score (nSPS) is 22.2. The third kappa shape index (κ3) is 3.58. The van der Waals surface area contributed by atoms with Crippen molar-refractivity contribution in [1.82, 2.24) is 10.6 Å². The molecule has 2 aliphatic rings. The van der Waals surface area contributed by atoms with Crippen molar-refractivity contribution in [1.29, 1.82) is 0 Å². The Hall–Kier alpha value is -3.46. The predicted molar refractivity (Wildman–Crippen MR) is 118 cm³/mol. The van der Waals surface area contributed by atoms with E-state index in [1.807, 2.05) is 35.9 Å². The first-order valence-corrected chi connectivity index (χ1v) is 10.6. The monoisotopic (exact) mass is 438 g/mol. The lowest BCUT2D eigenvalue weighted by molar-refractivity contribution is -0.710. The van der Waals surface area contributed by atoms with E-state index >= 15 is 0 Å². The first-order valence-electron chi connectivity index (χ1n) is 10.6. The Morgan fingerprint density at radius 2 is 1.97 bits per heavy atom. The number of rotatable bonds is 6. The van der Waals surface area contributed by atoms with Crippen LogP contribution in [-0.2, 0) is 20.8 Å². The second kappa shape index (κ2) is 8.58. The van der Waals surface area contributed by atoms with Crippen LogP contribution in [0.2, 0.25) is 0 Å². The molecule has 2 aliphatic heterocycles. The highest BCUT2D eigenvalue weighted by molar-refractivity contribution is 6.09. The number of carbonyl (C=O) groups is 3. The van der Waals surface area contributed by atoms with Gasteiger partial charge in [0.2, 0.25) is 5.91 Å². The van der Waals surface area contributed by atoms with Crippen molar-refractivity contribution in [2.24, 2.45) is 0 Å². The minimum absolute atomic E-state index is 0.271. The molecule has 0 saturated heterocycles. The van der Waals surface area contributed by atoms with Gasteiger partial charge in [-0.25, -0.2) is 9.36 Å². The maximum atomic E-state index is 13.6. The second-order valence-electron chi connectivity index (χ2n) is 8.12. The van der Waals surface area contributed by atoms with Gasteiger partial charge in [-0.05, 0) is 45.2 Å². The SMILES string of the molecule is CN[C@@H](C)C(=O)N[C@@H]1C(=O)N2c3c(ccc[n+]3C1C)C[C@H]2C(=O)Nc1ccccc1OC. The van der Waals surface area contributed by atoms with E-state index in [9.17, 15) is 14.4 Å². The van der Waals surface area contributed by atoms with Crippen LogP contribution in [0.5, 0.6) is 5.75 Å². The number of para-hydroxylation sites is 2. The van der Waals surface area contributed by atoms with E-state index < -0.39 is 18.1 Å². The second-order valence-corrected chi connectivity index (χ2v) is 8.12. The molecule has 4 atom stereocenters. The van der Waals surface area contributed by atoms with Crippen LogP contribution in [0.4, 0.5) is 11.5 Å². The molecule has 9 nitrogen and oxygen atoms in total. The molecule has 32 heavy (non-hydrogen) atoms. The molecule has 0 aliphatic carbocycles. The van der Waals surface area contributed by atoms with Gasteiger partial charge in [0.15, 0.2) is 12.1 Å². The molecule has 2 aromatic rings. The number of aromatic nitrogens is 1. The van der Waals surface area contributed by atoms with Gasteiger partial charge in [0, 0.05) is 12.0 Å². The van der Waals surface area contributed by atoms with E-state index in [1.165, 1.54) is 12.0 Å². The van der Waals surface area contributed by atoms with Crippen LogP contribution >= 0.6 is 0 Å². The molecule has 4 rings (SSSR count). The van der Waals surface area contributed by atoms with Crippen LogP contribution in [0.3, 0.4) is 0 Å². The summed E-state index contributed by atoms with van der Waals surface area (Å²) < 4.78 is 7.29. The standard InChI is InChI=1S/C23H27N5O4/c1-13(24-3)20(29)26-19-14(2)27-11-7-8-15-12-17(28(22(15)27)23(19)31)21(30)25-16-9-5-6-10-18(16)32-4/h5-11,13-14,17,19,24H,12H2,1-4H3,(H-,25,26,29,30)/p+1/t13-,14?,17-,19-/m0/s1. The molecular formula is C23H28N5O4+. The summed E-state index contributed by atoms with van der Waals surface area (Å²) in [6, 6.07) is 8.70. The van der Waals surface area contributed by atoms with E-state index in [0.29, 0.717) is 23.7 Å². The van der Waals surface area contributed by atoms with Gasteiger partial charge in [-0.2, -0.15) is 4.90 Å². The number of benzene rings is 1. The largest absolute Gasteiger partial charge is 0.495 e. The van der Waals surface area contributed by atoms with Gasteiger partial charge in [0.05, 0.1) is 25.0 Å². The van der Waals surface area contributed by atoms with E-state index in [0.717, 1.165) is 5.56 Å². The van der Waals surface area contributed by atoms with Crippen LogP contribution in [0.15, 0.2) is 42.6 Å². The van der Waals surface area contributed by atoms with Crippen LogP contribution in [0, 0.1) is 0 Å². The first kappa shape index (κ1) is 21.8. The summed E-state index contributed by atoms with van der Waals surface area (Å²) in [7, 11) is 3.22. The summed E-state index contributed by atoms with van der Waals surface area (Å²) in [5.41, 5.74) is 1.45. The molecule has 0 fully saturated rings. The summed E-state index contributed by atoms with van der Waals surface area (Å²) >= 11 is 0. The van der Waals surface area contributed by atoms with E-state index in [2.05, 4.69) is 16.0 Å². The summed E-state index contributed by atoms with van der Waals surface area (Å²) in [5, 5.41) is 8.64. The van der Waals surface area contributed by atoms with Crippen molar-refractivity contribution in [3.63, 3.8) is 0 Å². The van der Waals surface area contributed by atoms with Crippen LogP contribution in [-0.4, -0.2) is 50.0 Å². The van der Waals surface area contributed by atoms with Crippen molar-refractivity contribution >= 4 is 29.2 Å². The average molecular weight is 439 g/mol. The number of ether oxygens (including phenoxy) is 1. The minimum Gasteiger partial charge on any atom is -0.495 e. The maximum absolute atomic E-state index is 13.6. The van der Waals surface area contributed by atoms with Crippen LogP contribution in [0.25, 0.3) is 0 Å². The fourth-order valence-corrected chi connectivity index (χ4v) is 4.32. The van der Waals surface area contributed by atoms with Gasteiger partial charge in [0.1, 0.15) is 11.8 Å². The van der Waals surface area contributed by atoms with Gasteiger partial charge < -0.3 is 20.7 Å². The third-order valence-corrected chi connectivity index (χ3v) is 6.25. The third-order valence-electron chi connectivity index (χ3n) is 6.25. The van der Waals surface area contributed by atoms with Gasteiger partial charge in [-0.1, -0.05) is 12.1 Å². The van der Waals surface area contributed by atoms with Crippen molar-refractivity contribution < 1.29 is 23.7 Å². The molecule has 0 spiro atoms. The molecule has 3 heterocycles. The molecule has 3 N–H and O–H groups in total. The first-order chi connectivity index (χ1) is 15.4. The molecule has 0 radical (unpaired) electrons. The zero-order valence-electron chi connectivity index (χ0n) is 18.6. The zero-order chi connectivity index (χ0) is 23.0. The molecule has 168 valence electrons. The summed E-state index contributed by atoms with van der Waals surface area (Å²) in [5.74, 6) is 0.369. The quantitative estimate of drug-likeness (QED) is 0.572. The predicted octanol–water partition coefficient (Wildman–Crippen LogP) is 0.546. The Morgan fingerprint density at radius 3 is 2.69 bits per heavy atom. The number of pyridine rings is 1. The van der Waals surface area contributed by atoms with E-state index in [1.54, 1.807) is 32.2 Å². The highest BCUT2D eigenvalue weighted by atomic mass is 16.5. The van der Waals surface area contributed by atoms with Gasteiger partial charge in [-0.15, -0.1) is 0 Å². The Labute approximate surface area is 186 Å². The molecule has 1 unspecified atom stereocenters. The van der Waals surface area contributed by atoms with E-state index in [4.69, 9.17) is 4.74 Å². The Morgan fingerprint density at radius 1 is 1.22 bits per heavy atom. The van der Waals surface area contributed by atoms with Crippen LogP contribution in [0.1, 0.15) is 25.5 Å². The van der Waals surface area contributed by atoms with Crippen LogP contribution < -0.4 is 30.2 Å². The van der Waals surface area contributed by atoms with Crippen molar-refractivity contribution in [3.05, 3.63) is 48.2 Å². The molecule has 9 heteroatoms. The topological polar surface area (TPSA) is 104 Å². The van der Waals surface area contributed by atoms with Gasteiger partial charge >= 0.3 is 5.91 Å². The lowest BCUT2D eigenvalue weighted by atomic mass is 10.0. The number of nitrogens with zero attached hydrogens (tertiary/aromatic N) is 2. The molecule has 1 aromatic heterocycles. The number of nitrogens with one attached hydrogen (secondary N) is 3. The van der Waals surface area contributed by atoms with Crippen molar-refractivity contribution in [2.75, 3.05) is 24.4 Å². The fraction of sp³-hybridized carbons (Fsp3) is 0.391. The number of methoxy groups -OCH3 is 1. The Balaban J connectivity index is 1.66. The number of amides is 3. The van der Waals surface area contributed by atoms with E-state index in [-0.39, 0.29) is 23.8 Å². The molecule has 0 saturated carbocycles. The highest BCUT2D eigenvalue weighted by Gasteiger charge is 2.55. The minimum atomic E-state index is -0.786. The lowest BCUT2D eigenvalue weighted by Crippen LogP contribution is -2.67. The number of hydrogen-bond donors (Lipinski definition) is 3. The number of carbonyl (C=O) groups excluding carboxylic acids is 3. The smallest absolute Gasteiger partial charge is 0.337 e. The number of likely N-dealkylation sites (N-methyl/N-ethyl adjacent to an activating group) is 1. The number of hydrogen-bond acceptors (Lipinski definition) is 5. The zero-order valence-corrected chi connectivity index (χ0v) is 18.6. The fourth-order valence-electron chi connectivity index (χ4n) is 4.32. The molecule has 3 amide bonds. The molecule has 0 bridgehead atoms. The Bertz CT molecular complexity index is 1070. The molecular weight excluding hydrogens is 410 g/mol.